The molecule has 2 heterocycles. The predicted octanol–water partition coefficient (Wildman–Crippen LogP) is 4.90. The maximum Gasteiger partial charge on any atom is 0.225 e. The number of rotatable bonds is 1. The highest BCUT2D eigenvalue weighted by Gasteiger charge is 2.45. The third kappa shape index (κ3) is 3.34. The maximum atomic E-state index is 12.8. The number of Topliss-reactive ketones (excluding diaryl/α,β-unsaturated/α-hetero) is 1. The van der Waals surface area contributed by atoms with Crippen molar-refractivity contribution in [1.29, 1.82) is 0 Å². The second-order valence-electron chi connectivity index (χ2n) is 7.81. The van der Waals surface area contributed by atoms with Gasteiger partial charge in [-0.15, -0.1) is 0 Å². The molecule has 6 heteroatoms. The summed E-state index contributed by atoms with van der Waals surface area (Å²) in [6.45, 7) is 1.28. The summed E-state index contributed by atoms with van der Waals surface area (Å²) in [6.07, 6.45) is 7.23. The van der Waals surface area contributed by atoms with Crippen molar-refractivity contribution < 1.29 is 14.3 Å². The molecule has 1 spiro atoms. The van der Waals surface area contributed by atoms with Crippen LogP contribution < -0.4 is 4.74 Å². The number of ether oxygens (including phenoxy) is 1. The molecule has 2 fully saturated rings. The SMILES string of the molecule is O=C1CC2(CCN(C(=O)C3CCCCC3)CC2)Oc2c(Cl)cc(Cl)cc21. The van der Waals surface area contributed by atoms with Gasteiger partial charge in [-0.3, -0.25) is 9.59 Å². The van der Waals surface area contributed by atoms with Crippen LogP contribution in [0.4, 0.5) is 0 Å². The Labute approximate surface area is 163 Å². The van der Waals surface area contributed by atoms with Gasteiger partial charge in [-0.2, -0.15) is 0 Å². The van der Waals surface area contributed by atoms with Gasteiger partial charge in [0.25, 0.3) is 0 Å². The number of carbonyl (C=O) groups is 2. The van der Waals surface area contributed by atoms with E-state index in [1.54, 1.807) is 12.1 Å². The second kappa shape index (κ2) is 7.05. The molecule has 1 aliphatic carbocycles. The van der Waals surface area contributed by atoms with Crippen molar-refractivity contribution >= 4 is 34.9 Å². The molecule has 26 heavy (non-hydrogen) atoms. The number of piperidine rings is 1. The number of ketones is 1. The molecule has 1 saturated carbocycles. The van der Waals surface area contributed by atoms with Gasteiger partial charge in [-0.25, -0.2) is 0 Å². The van der Waals surface area contributed by atoms with Crippen LogP contribution in [-0.2, 0) is 4.79 Å². The van der Waals surface area contributed by atoms with Crippen LogP contribution in [0.2, 0.25) is 10.0 Å². The lowest BCUT2D eigenvalue weighted by molar-refractivity contribution is -0.140. The molecule has 140 valence electrons. The van der Waals surface area contributed by atoms with Crippen molar-refractivity contribution in [2.24, 2.45) is 5.92 Å². The molecular weight excluding hydrogens is 373 g/mol. The van der Waals surface area contributed by atoms with Crippen LogP contribution in [0.25, 0.3) is 0 Å². The van der Waals surface area contributed by atoms with Crippen molar-refractivity contribution in [2.75, 3.05) is 13.1 Å². The number of fused-ring (bicyclic) bond motifs is 1. The van der Waals surface area contributed by atoms with Gasteiger partial charge < -0.3 is 9.64 Å². The molecule has 0 aromatic heterocycles. The second-order valence-corrected chi connectivity index (χ2v) is 8.65. The summed E-state index contributed by atoms with van der Waals surface area (Å²) in [4.78, 5) is 27.4. The molecule has 0 atom stereocenters. The largest absolute Gasteiger partial charge is 0.484 e. The number of benzene rings is 1. The van der Waals surface area contributed by atoms with E-state index >= 15 is 0 Å². The first-order valence-corrected chi connectivity index (χ1v) is 10.2. The first-order chi connectivity index (χ1) is 12.5. The van der Waals surface area contributed by atoms with E-state index in [1.807, 2.05) is 4.90 Å². The quantitative estimate of drug-likeness (QED) is 0.678. The van der Waals surface area contributed by atoms with Crippen LogP contribution >= 0.6 is 23.2 Å². The smallest absolute Gasteiger partial charge is 0.225 e. The first kappa shape index (κ1) is 18.1. The Morgan fingerprint density at radius 2 is 1.81 bits per heavy atom. The molecule has 4 nitrogen and oxygen atoms in total. The van der Waals surface area contributed by atoms with Gasteiger partial charge in [-0.1, -0.05) is 42.5 Å². The van der Waals surface area contributed by atoms with Crippen molar-refractivity contribution in [3.05, 3.63) is 27.7 Å². The number of amides is 1. The van der Waals surface area contributed by atoms with Crippen LogP contribution in [0, 0.1) is 5.92 Å². The molecule has 1 saturated heterocycles. The fraction of sp³-hybridized carbons (Fsp3) is 0.600. The monoisotopic (exact) mass is 395 g/mol. The lowest BCUT2D eigenvalue weighted by atomic mass is 9.81. The summed E-state index contributed by atoms with van der Waals surface area (Å²) in [5, 5.41) is 0.815. The normalized spacial score (nSPS) is 22.8. The van der Waals surface area contributed by atoms with Crippen LogP contribution in [-0.4, -0.2) is 35.3 Å². The zero-order valence-electron chi connectivity index (χ0n) is 14.7. The van der Waals surface area contributed by atoms with Gasteiger partial charge in [0.1, 0.15) is 11.4 Å². The average molecular weight is 396 g/mol. The molecule has 4 rings (SSSR count). The number of hydrogen-bond acceptors (Lipinski definition) is 3. The summed E-state index contributed by atoms with van der Waals surface area (Å²) in [5.41, 5.74) is -0.0842. The van der Waals surface area contributed by atoms with Crippen LogP contribution in [0.5, 0.6) is 5.75 Å². The highest BCUT2D eigenvalue weighted by molar-refractivity contribution is 6.36. The summed E-state index contributed by atoms with van der Waals surface area (Å²) in [7, 11) is 0. The fourth-order valence-electron chi connectivity index (χ4n) is 4.53. The third-order valence-electron chi connectivity index (χ3n) is 6.05. The minimum absolute atomic E-state index is 0.0164. The average Bonchev–Trinajstić information content (AvgIpc) is 2.64. The van der Waals surface area contributed by atoms with Crippen molar-refractivity contribution in [3.63, 3.8) is 0 Å². The Bertz CT molecular complexity index is 735. The Hall–Kier alpha value is -1.26. The van der Waals surface area contributed by atoms with E-state index in [4.69, 9.17) is 27.9 Å². The Morgan fingerprint density at radius 3 is 2.50 bits per heavy atom. The number of halogens is 2. The van der Waals surface area contributed by atoms with Gasteiger partial charge in [0, 0.05) is 36.9 Å². The summed E-state index contributed by atoms with van der Waals surface area (Å²) in [5.74, 6) is 0.929. The van der Waals surface area contributed by atoms with E-state index < -0.39 is 5.60 Å². The van der Waals surface area contributed by atoms with Crippen molar-refractivity contribution in [3.8, 4) is 5.75 Å². The predicted molar refractivity (Wildman–Crippen MR) is 101 cm³/mol. The minimum atomic E-state index is -0.551. The standard InChI is InChI=1S/C20H23Cl2NO3/c21-14-10-15-17(24)12-20(26-18(15)16(22)11-14)6-8-23(9-7-20)19(25)13-4-2-1-3-5-13/h10-11,13H,1-9,12H2. The molecule has 3 aliphatic rings. The number of nitrogens with zero attached hydrogens (tertiary/aromatic N) is 1. The molecule has 0 unspecified atom stereocenters. The molecule has 2 aliphatic heterocycles. The van der Waals surface area contributed by atoms with E-state index in [2.05, 4.69) is 0 Å². The highest BCUT2D eigenvalue weighted by atomic mass is 35.5. The van der Waals surface area contributed by atoms with Gasteiger partial charge in [0.05, 0.1) is 17.0 Å². The number of hydrogen-bond donors (Lipinski definition) is 0. The summed E-state index contributed by atoms with van der Waals surface area (Å²) < 4.78 is 6.24. The molecule has 1 aromatic carbocycles. The zero-order chi connectivity index (χ0) is 18.3. The molecule has 0 N–H and O–H groups in total. The van der Waals surface area contributed by atoms with Gasteiger partial charge in [-0.05, 0) is 25.0 Å². The van der Waals surface area contributed by atoms with Crippen molar-refractivity contribution in [2.45, 2.75) is 57.0 Å². The minimum Gasteiger partial charge on any atom is -0.484 e. The number of carbonyl (C=O) groups excluding carboxylic acids is 2. The Balaban J connectivity index is 1.47. The lowest BCUT2D eigenvalue weighted by Crippen LogP contribution is -2.53. The zero-order valence-corrected chi connectivity index (χ0v) is 16.2. The van der Waals surface area contributed by atoms with Gasteiger partial charge in [0.2, 0.25) is 5.91 Å². The fourth-order valence-corrected chi connectivity index (χ4v) is 5.06. The number of likely N-dealkylation sites (tertiary alicyclic amines) is 1. The third-order valence-corrected chi connectivity index (χ3v) is 6.55. The van der Waals surface area contributed by atoms with Crippen LogP contribution in [0.1, 0.15) is 61.7 Å². The Kier molecular flexibility index (Phi) is 4.91. The van der Waals surface area contributed by atoms with Gasteiger partial charge in [0.15, 0.2) is 5.78 Å². The maximum absolute atomic E-state index is 12.8. The molecular formula is C20H23Cl2NO3. The topological polar surface area (TPSA) is 46.6 Å². The highest BCUT2D eigenvalue weighted by Crippen LogP contribution is 2.44. The van der Waals surface area contributed by atoms with Crippen LogP contribution in [0.3, 0.4) is 0 Å². The lowest BCUT2D eigenvalue weighted by Gasteiger charge is -2.45. The van der Waals surface area contributed by atoms with E-state index in [-0.39, 0.29) is 17.6 Å². The van der Waals surface area contributed by atoms with E-state index in [0.717, 1.165) is 25.7 Å². The Morgan fingerprint density at radius 1 is 1.12 bits per heavy atom. The molecule has 1 aromatic rings. The summed E-state index contributed by atoms with van der Waals surface area (Å²) >= 11 is 12.3. The van der Waals surface area contributed by atoms with Crippen LogP contribution in [0.15, 0.2) is 12.1 Å². The molecule has 0 bridgehead atoms. The van der Waals surface area contributed by atoms with E-state index in [0.29, 0.717) is 53.7 Å². The molecule has 1 amide bonds. The molecule has 0 radical (unpaired) electrons. The van der Waals surface area contributed by atoms with Gasteiger partial charge >= 0.3 is 0 Å². The first-order valence-electron chi connectivity index (χ1n) is 9.47. The summed E-state index contributed by atoms with van der Waals surface area (Å²) in [6, 6.07) is 3.23. The van der Waals surface area contributed by atoms with E-state index in [9.17, 15) is 9.59 Å². The van der Waals surface area contributed by atoms with Crippen molar-refractivity contribution in [1.82, 2.24) is 4.90 Å². The van der Waals surface area contributed by atoms with E-state index in [1.165, 1.54) is 6.42 Å².